The van der Waals surface area contributed by atoms with E-state index in [0.717, 1.165) is 28.1 Å². The highest BCUT2D eigenvalue weighted by molar-refractivity contribution is 5.98. The lowest BCUT2D eigenvalue weighted by molar-refractivity contribution is -0.139. The molecule has 1 atom stereocenters. The van der Waals surface area contributed by atoms with Crippen LogP contribution >= 0.6 is 0 Å². The number of aliphatic carboxylic acids is 1. The minimum Gasteiger partial charge on any atom is -0.490 e. The minimum absolute atomic E-state index is 0.312. The Hall–Kier alpha value is -3.71. The summed E-state index contributed by atoms with van der Waals surface area (Å²) >= 11 is 0. The maximum atomic E-state index is 11.3. The zero-order valence-corrected chi connectivity index (χ0v) is 18.9. The van der Waals surface area contributed by atoms with Crippen LogP contribution in [0.15, 0.2) is 78.1 Å². The zero-order valence-electron chi connectivity index (χ0n) is 18.9. The van der Waals surface area contributed by atoms with E-state index in [1.165, 1.54) is 0 Å². The third kappa shape index (κ3) is 7.43. The first kappa shape index (κ1) is 23.9. The van der Waals surface area contributed by atoms with Crippen LogP contribution in [0.1, 0.15) is 25.0 Å². The summed E-state index contributed by atoms with van der Waals surface area (Å²) in [5.41, 5.74) is 4.66. The van der Waals surface area contributed by atoms with Crippen molar-refractivity contribution in [1.82, 2.24) is 10.3 Å². The van der Waals surface area contributed by atoms with E-state index in [1.807, 2.05) is 80.6 Å². The fourth-order valence-corrected chi connectivity index (χ4v) is 3.26. The number of ether oxygens (including phenoxy) is 1. The van der Waals surface area contributed by atoms with Gasteiger partial charge in [-0.1, -0.05) is 54.5 Å². The largest absolute Gasteiger partial charge is 0.490 e. The SMILES string of the molecule is CCNC(Cc1ccc(OCCON=C(C)c2ccc(-c3ccccn3)cc2)cc1)C(=O)O. The Morgan fingerprint density at radius 2 is 1.82 bits per heavy atom. The van der Waals surface area contributed by atoms with Crippen LogP contribution in [-0.2, 0) is 16.1 Å². The van der Waals surface area contributed by atoms with Crippen LogP contribution < -0.4 is 10.1 Å². The van der Waals surface area contributed by atoms with Crippen molar-refractivity contribution in [1.29, 1.82) is 0 Å². The summed E-state index contributed by atoms with van der Waals surface area (Å²) in [5, 5.41) is 16.4. The molecule has 0 aliphatic heterocycles. The first-order valence-corrected chi connectivity index (χ1v) is 10.9. The summed E-state index contributed by atoms with van der Waals surface area (Å²) in [4.78, 5) is 21.0. The van der Waals surface area contributed by atoms with Crippen molar-refractivity contribution in [2.45, 2.75) is 26.3 Å². The molecular weight excluding hydrogens is 418 g/mol. The normalized spacial score (nSPS) is 12.2. The van der Waals surface area contributed by atoms with E-state index in [0.29, 0.717) is 31.9 Å². The molecule has 2 aromatic carbocycles. The minimum atomic E-state index is -0.852. The van der Waals surface area contributed by atoms with Gasteiger partial charge in [0.05, 0.1) is 11.4 Å². The van der Waals surface area contributed by atoms with Crippen molar-refractivity contribution in [2.75, 3.05) is 19.8 Å². The summed E-state index contributed by atoms with van der Waals surface area (Å²) in [7, 11) is 0. The van der Waals surface area contributed by atoms with Crippen LogP contribution in [0.4, 0.5) is 0 Å². The third-order valence-electron chi connectivity index (χ3n) is 5.02. The number of hydrogen-bond acceptors (Lipinski definition) is 6. The van der Waals surface area contributed by atoms with E-state index in [2.05, 4.69) is 15.5 Å². The smallest absolute Gasteiger partial charge is 0.321 e. The molecule has 0 bridgehead atoms. The lowest BCUT2D eigenvalue weighted by Gasteiger charge is -2.13. The molecule has 0 amide bonds. The predicted octanol–water partition coefficient (Wildman–Crippen LogP) is 4.17. The summed E-state index contributed by atoms with van der Waals surface area (Å²) in [6.07, 6.45) is 2.20. The number of pyridine rings is 1. The molecule has 0 aliphatic rings. The zero-order chi connectivity index (χ0) is 23.5. The lowest BCUT2D eigenvalue weighted by atomic mass is 10.1. The first-order chi connectivity index (χ1) is 16.1. The van der Waals surface area contributed by atoms with Gasteiger partial charge in [0.15, 0.2) is 6.61 Å². The van der Waals surface area contributed by atoms with E-state index < -0.39 is 12.0 Å². The molecule has 7 heteroatoms. The average molecular weight is 448 g/mol. The molecule has 0 saturated carbocycles. The molecule has 3 rings (SSSR count). The van der Waals surface area contributed by atoms with Crippen molar-refractivity contribution in [3.63, 3.8) is 0 Å². The van der Waals surface area contributed by atoms with Crippen molar-refractivity contribution < 1.29 is 19.5 Å². The monoisotopic (exact) mass is 447 g/mol. The summed E-state index contributed by atoms with van der Waals surface area (Å²) in [6, 6.07) is 20.7. The molecule has 1 heterocycles. The number of likely N-dealkylation sites (N-methyl/N-ethyl adjacent to an activating group) is 1. The highest BCUT2D eigenvalue weighted by Gasteiger charge is 2.16. The number of carboxylic acids is 1. The van der Waals surface area contributed by atoms with Crippen LogP contribution in [0.3, 0.4) is 0 Å². The van der Waals surface area contributed by atoms with E-state index in [9.17, 15) is 9.90 Å². The van der Waals surface area contributed by atoms with Gasteiger partial charge in [0.1, 0.15) is 18.4 Å². The first-order valence-electron chi connectivity index (χ1n) is 10.9. The Kier molecular flexibility index (Phi) is 8.97. The number of benzene rings is 2. The van der Waals surface area contributed by atoms with E-state index in [4.69, 9.17) is 9.57 Å². The summed E-state index contributed by atoms with van der Waals surface area (Å²) in [6.45, 7) is 5.06. The average Bonchev–Trinajstić information content (AvgIpc) is 2.85. The molecule has 0 fully saturated rings. The highest BCUT2D eigenvalue weighted by Crippen LogP contribution is 2.17. The molecule has 33 heavy (non-hydrogen) atoms. The molecule has 0 saturated heterocycles. The fourth-order valence-electron chi connectivity index (χ4n) is 3.26. The lowest BCUT2D eigenvalue weighted by Crippen LogP contribution is -2.38. The fraction of sp³-hybridized carbons (Fsp3) is 0.269. The van der Waals surface area contributed by atoms with Gasteiger partial charge in [-0.2, -0.15) is 0 Å². The molecule has 2 N–H and O–H groups in total. The van der Waals surface area contributed by atoms with E-state index >= 15 is 0 Å². The van der Waals surface area contributed by atoms with Crippen molar-refractivity contribution in [2.24, 2.45) is 5.16 Å². The van der Waals surface area contributed by atoms with Crippen molar-refractivity contribution in [3.8, 4) is 17.0 Å². The molecule has 1 aromatic heterocycles. The maximum Gasteiger partial charge on any atom is 0.321 e. The molecular formula is C26H29N3O4. The molecule has 1 unspecified atom stereocenters. The summed E-state index contributed by atoms with van der Waals surface area (Å²) in [5.74, 6) is -0.155. The van der Waals surface area contributed by atoms with Gasteiger partial charge in [0, 0.05) is 11.8 Å². The van der Waals surface area contributed by atoms with Gasteiger partial charge in [-0.25, -0.2) is 0 Å². The second-order valence-corrected chi connectivity index (χ2v) is 7.45. The van der Waals surface area contributed by atoms with Gasteiger partial charge >= 0.3 is 5.97 Å². The standard InChI is InChI=1S/C26H29N3O4/c1-3-27-25(26(30)31)18-20-7-13-23(14-8-20)32-16-17-33-29-19(2)21-9-11-22(12-10-21)24-6-4-5-15-28-24/h4-15,25,27H,3,16-18H2,1-2H3,(H,30,31). The van der Waals surface area contributed by atoms with Gasteiger partial charge in [-0.05, 0) is 55.3 Å². The number of nitrogens with one attached hydrogen (secondary N) is 1. The van der Waals surface area contributed by atoms with Gasteiger partial charge < -0.3 is 20.0 Å². The maximum absolute atomic E-state index is 11.3. The highest BCUT2D eigenvalue weighted by atomic mass is 16.6. The molecule has 172 valence electrons. The van der Waals surface area contributed by atoms with Gasteiger partial charge in [0.25, 0.3) is 0 Å². The molecule has 0 spiro atoms. The molecule has 0 aliphatic carbocycles. The number of carbonyl (C=O) groups is 1. The van der Waals surface area contributed by atoms with Crippen LogP contribution in [-0.4, -0.2) is 47.6 Å². The number of hydrogen-bond donors (Lipinski definition) is 2. The Morgan fingerprint density at radius 3 is 2.45 bits per heavy atom. The van der Waals surface area contributed by atoms with E-state index in [1.54, 1.807) is 6.20 Å². The Balaban J connectivity index is 1.42. The predicted molar refractivity (Wildman–Crippen MR) is 129 cm³/mol. The van der Waals surface area contributed by atoms with Crippen LogP contribution in [0, 0.1) is 0 Å². The topological polar surface area (TPSA) is 93.0 Å². The third-order valence-corrected chi connectivity index (χ3v) is 5.02. The molecule has 3 aromatic rings. The molecule has 7 nitrogen and oxygen atoms in total. The van der Waals surface area contributed by atoms with Gasteiger partial charge in [-0.3, -0.25) is 9.78 Å². The second kappa shape index (κ2) is 12.4. The Bertz CT molecular complexity index is 1040. The number of aromatic nitrogens is 1. The van der Waals surface area contributed by atoms with Crippen molar-refractivity contribution in [3.05, 3.63) is 84.1 Å². The Labute approximate surface area is 194 Å². The number of rotatable bonds is 12. The number of nitrogens with zero attached hydrogens (tertiary/aromatic N) is 2. The van der Waals surface area contributed by atoms with Crippen LogP contribution in [0.25, 0.3) is 11.3 Å². The quantitative estimate of drug-likeness (QED) is 0.246. The Morgan fingerprint density at radius 1 is 1.06 bits per heavy atom. The number of oxime groups is 1. The van der Waals surface area contributed by atoms with Crippen LogP contribution in [0.5, 0.6) is 5.75 Å². The van der Waals surface area contributed by atoms with Gasteiger partial charge in [0.2, 0.25) is 0 Å². The molecule has 0 radical (unpaired) electrons. The number of carboxylic acid groups (broad SMARTS) is 1. The van der Waals surface area contributed by atoms with Crippen molar-refractivity contribution >= 4 is 11.7 Å². The van der Waals surface area contributed by atoms with Gasteiger partial charge in [-0.15, -0.1) is 0 Å². The van der Waals surface area contributed by atoms with E-state index in [-0.39, 0.29) is 0 Å². The van der Waals surface area contributed by atoms with Crippen LogP contribution in [0.2, 0.25) is 0 Å². The second-order valence-electron chi connectivity index (χ2n) is 7.45. The summed E-state index contributed by atoms with van der Waals surface area (Å²) < 4.78 is 5.68.